The van der Waals surface area contributed by atoms with Crippen LogP contribution in [0.4, 0.5) is 0 Å². The minimum absolute atomic E-state index is 0.0491. The summed E-state index contributed by atoms with van der Waals surface area (Å²) in [6, 6.07) is 9.59. The van der Waals surface area contributed by atoms with Crippen molar-refractivity contribution in [3.63, 3.8) is 0 Å². The van der Waals surface area contributed by atoms with E-state index in [9.17, 15) is 4.79 Å². The highest BCUT2D eigenvalue weighted by Crippen LogP contribution is 2.18. The third-order valence-electron chi connectivity index (χ3n) is 2.72. The van der Waals surface area contributed by atoms with Crippen molar-refractivity contribution < 1.29 is 14.3 Å². The maximum Gasteiger partial charge on any atom is 0.227 e. The Morgan fingerprint density at radius 1 is 1.28 bits per heavy atom. The first-order valence-electron chi connectivity index (χ1n) is 6.14. The first kappa shape index (κ1) is 12.6. The van der Waals surface area contributed by atoms with Crippen LogP contribution in [-0.4, -0.2) is 24.2 Å². The van der Waals surface area contributed by atoms with Crippen molar-refractivity contribution in [3.8, 4) is 0 Å². The van der Waals surface area contributed by atoms with E-state index in [1.807, 2.05) is 30.3 Å². The number of furan rings is 1. The molecule has 0 spiro atoms. The van der Waals surface area contributed by atoms with Gasteiger partial charge in [-0.2, -0.15) is 0 Å². The molecule has 0 atom stereocenters. The first-order valence-corrected chi connectivity index (χ1v) is 6.14. The number of rotatable bonds is 6. The Balaban J connectivity index is 1.86. The zero-order valence-corrected chi connectivity index (χ0v) is 10.2. The second-order valence-corrected chi connectivity index (χ2v) is 4.21. The number of aliphatic hydroxyl groups is 1. The van der Waals surface area contributed by atoms with E-state index in [0.29, 0.717) is 18.7 Å². The highest BCUT2D eigenvalue weighted by Gasteiger charge is 2.07. The summed E-state index contributed by atoms with van der Waals surface area (Å²) in [6.07, 6.45) is 1.76. The number of hydrogen-bond donors (Lipinski definition) is 2. The van der Waals surface area contributed by atoms with E-state index in [1.165, 1.54) is 0 Å². The largest absolute Gasteiger partial charge is 0.461 e. The van der Waals surface area contributed by atoms with E-state index in [2.05, 4.69) is 5.32 Å². The molecule has 0 unspecified atom stereocenters. The predicted octanol–water partition coefficient (Wildman–Crippen LogP) is 1.86. The van der Waals surface area contributed by atoms with Crippen LogP contribution in [0.1, 0.15) is 18.6 Å². The van der Waals surface area contributed by atoms with E-state index in [1.54, 1.807) is 0 Å². The summed E-state index contributed by atoms with van der Waals surface area (Å²) in [5, 5.41) is 12.4. The van der Waals surface area contributed by atoms with Crippen LogP contribution in [-0.2, 0) is 11.2 Å². The third-order valence-corrected chi connectivity index (χ3v) is 2.72. The Hall–Kier alpha value is -1.81. The molecule has 0 bridgehead atoms. The van der Waals surface area contributed by atoms with Gasteiger partial charge in [0, 0.05) is 18.5 Å². The van der Waals surface area contributed by atoms with Crippen molar-refractivity contribution in [1.29, 1.82) is 0 Å². The number of unbranched alkanes of at least 4 members (excludes halogenated alkanes) is 1. The Kier molecular flexibility index (Phi) is 4.36. The molecule has 0 radical (unpaired) electrons. The zero-order valence-electron chi connectivity index (χ0n) is 10.2. The Morgan fingerprint density at radius 2 is 2.11 bits per heavy atom. The molecule has 1 amide bonds. The average molecular weight is 247 g/mol. The molecule has 2 aromatic rings. The SMILES string of the molecule is O=C(Cc1cc2ccccc2o1)NCCCCO. The molecule has 18 heavy (non-hydrogen) atoms. The number of fused-ring (bicyclic) bond motifs is 1. The van der Waals surface area contributed by atoms with Gasteiger partial charge in [-0.15, -0.1) is 0 Å². The number of aliphatic hydroxyl groups excluding tert-OH is 1. The van der Waals surface area contributed by atoms with Crippen LogP contribution in [0.5, 0.6) is 0 Å². The molecule has 1 aromatic heterocycles. The van der Waals surface area contributed by atoms with Gasteiger partial charge in [-0.25, -0.2) is 0 Å². The molecule has 2 N–H and O–H groups in total. The number of amides is 1. The first-order chi connectivity index (χ1) is 8.79. The molecule has 0 aliphatic heterocycles. The van der Waals surface area contributed by atoms with Crippen molar-refractivity contribution in [2.24, 2.45) is 0 Å². The van der Waals surface area contributed by atoms with Crippen molar-refractivity contribution in [2.45, 2.75) is 19.3 Å². The van der Waals surface area contributed by atoms with Crippen molar-refractivity contribution >= 4 is 16.9 Å². The smallest absolute Gasteiger partial charge is 0.227 e. The molecule has 0 saturated carbocycles. The van der Waals surface area contributed by atoms with E-state index >= 15 is 0 Å². The molecule has 2 rings (SSSR count). The normalized spacial score (nSPS) is 10.7. The Morgan fingerprint density at radius 3 is 2.89 bits per heavy atom. The molecule has 0 aliphatic carbocycles. The van der Waals surface area contributed by atoms with Crippen molar-refractivity contribution in [1.82, 2.24) is 5.32 Å². The standard InChI is InChI=1S/C14H17NO3/c16-8-4-3-7-15-14(17)10-12-9-11-5-1-2-6-13(11)18-12/h1-2,5-6,9,16H,3-4,7-8,10H2,(H,15,17). The maximum atomic E-state index is 11.6. The number of hydrogen-bond acceptors (Lipinski definition) is 3. The Labute approximate surface area is 106 Å². The lowest BCUT2D eigenvalue weighted by molar-refractivity contribution is -0.120. The number of nitrogens with one attached hydrogen (secondary N) is 1. The van der Waals surface area contributed by atoms with Crippen LogP contribution < -0.4 is 5.32 Å². The predicted molar refractivity (Wildman–Crippen MR) is 69.2 cm³/mol. The molecule has 4 nitrogen and oxygen atoms in total. The summed E-state index contributed by atoms with van der Waals surface area (Å²) < 4.78 is 5.57. The van der Waals surface area contributed by atoms with Gasteiger partial charge in [0.1, 0.15) is 11.3 Å². The average Bonchev–Trinajstić information content (AvgIpc) is 2.76. The highest BCUT2D eigenvalue weighted by molar-refractivity contribution is 5.82. The van der Waals surface area contributed by atoms with Crippen molar-refractivity contribution in [2.75, 3.05) is 13.2 Å². The molecule has 0 saturated heterocycles. The van der Waals surface area contributed by atoms with Gasteiger partial charge in [-0.3, -0.25) is 4.79 Å². The topological polar surface area (TPSA) is 62.5 Å². The fourth-order valence-corrected chi connectivity index (χ4v) is 1.81. The summed E-state index contributed by atoms with van der Waals surface area (Å²) in [5.74, 6) is 0.628. The lowest BCUT2D eigenvalue weighted by Gasteiger charge is -2.02. The van der Waals surface area contributed by atoms with Crippen LogP contribution in [0.3, 0.4) is 0 Å². The van der Waals surface area contributed by atoms with Gasteiger partial charge in [0.25, 0.3) is 0 Å². The van der Waals surface area contributed by atoms with E-state index < -0.39 is 0 Å². The van der Waals surface area contributed by atoms with Gasteiger partial charge in [-0.05, 0) is 25.0 Å². The summed E-state index contributed by atoms with van der Waals surface area (Å²) in [6.45, 7) is 0.763. The van der Waals surface area contributed by atoms with Crippen LogP contribution >= 0.6 is 0 Å². The number of carbonyl (C=O) groups excluding carboxylic acids is 1. The lowest BCUT2D eigenvalue weighted by atomic mass is 10.2. The molecule has 1 aromatic carbocycles. The fourth-order valence-electron chi connectivity index (χ4n) is 1.81. The highest BCUT2D eigenvalue weighted by atomic mass is 16.3. The molecule has 0 fully saturated rings. The van der Waals surface area contributed by atoms with Gasteiger partial charge in [0.05, 0.1) is 6.42 Å². The van der Waals surface area contributed by atoms with Crippen LogP contribution in [0, 0.1) is 0 Å². The summed E-state index contributed by atoms with van der Waals surface area (Å²) >= 11 is 0. The molecule has 0 aliphatic rings. The quantitative estimate of drug-likeness (QED) is 0.766. The van der Waals surface area contributed by atoms with E-state index in [4.69, 9.17) is 9.52 Å². The summed E-state index contributed by atoms with van der Waals surface area (Å²) in [7, 11) is 0. The molecule has 1 heterocycles. The Bertz CT molecular complexity index is 485. The number of carbonyl (C=O) groups is 1. The number of benzene rings is 1. The van der Waals surface area contributed by atoms with Crippen LogP contribution in [0.25, 0.3) is 11.0 Å². The van der Waals surface area contributed by atoms with Crippen molar-refractivity contribution in [3.05, 3.63) is 36.1 Å². The monoisotopic (exact) mass is 247 g/mol. The lowest BCUT2D eigenvalue weighted by Crippen LogP contribution is -2.26. The van der Waals surface area contributed by atoms with Gasteiger partial charge in [-0.1, -0.05) is 18.2 Å². The van der Waals surface area contributed by atoms with Crippen LogP contribution in [0.2, 0.25) is 0 Å². The van der Waals surface area contributed by atoms with Gasteiger partial charge in [0.2, 0.25) is 5.91 Å². The van der Waals surface area contributed by atoms with Crippen LogP contribution in [0.15, 0.2) is 34.7 Å². The second kappa shape index (κ2) is 6.21. The molecule has 96 valence electrons. The van der Waals surface area contributed by atoms with Gasteiger partial charge < -0.3 is 14.8 Å². The molecular formula is C14H17NO3. The maximum absolute atomic E-state index is 11.6. The second-order valence-electron chi connectivity index (χ2n) is 4.21. The summed E-state index contributed by atoms with van der Waals surface area (Å²) in [4.78, 5) is 11.6. The molecular weight excluding hydrogens is 230 g/mol. The van der Waals surface area contributed by atoms with Gasteiger partial charge >= 0.3 is 0 Å². The minimum Gasteiger partial charge on any atom is -0.461 e. The zero-order chi connectivity index (χ0) is 12.8. The third kappa shape index (κ3) is 3.34. The van der Waals surface area contributed by atoms with E-state index in [-0.39, 0.29) is 18.9 Å². The van der Waals surface area contributed by atoms with Gasteiger partial charge in [0.15, 0.2) is 0 Å². The number of para-hydroxylation sites is 1. The minimum atomic E-state index is -0.0491. The fraction of sp³-hybridized carbons (Fsp3) is 0.357. The van der Waals surface area contributed by atoms with E-state index in [0.717, 1.165) is 17.4 Å². The summed E-state index contributed by atoms with van der Waals surface area (Å²) in [5.41, 5.74) is 0.806. The molecule has 4 heteroatoms.